The van der Waals surface area contributed by atoms with Crippen molar-refractivity contribution in [3.63, 3.8) is 0 Å². The molecule has 2 nitrogen and oxygen atoms in total. The summed E-state index contributed by atoms with van der Waals surface area (Å²) in [6.45, 7) is 6.01. The van der Waals surface area contributed by atoms with Gasteiger partial charge in [0.1, 0.15) is 5.60 Å². The third kappa shape index (κ3) is 4.73. The molecule has 0 aliphatic heterocycles. The lowest BCUT2D eigenvalue weighted by Crippen LogP contribution is -2.23. The summed E-state index contributed by atoms with van der Waals surface area (Å²) >= 11 is 5.17. The zero-order valence-electron chi connectivity index (χ0n) is 9.99. The van der Waals surface area contributed by atoms with Crippen LogP contribution in [0.15, 0.2) is 24.3 Å². The Bertz CT molecular complexity index is 349. The maximum atomic E-state index is 8.91. The summed E-state index contributed by atoms with van der Waals surface area (Å²) in [6, 6.07) is 7.72. The zero-order valence-corrected chi connectivity index (χ0v) is 10.8. The van der Waals surface area contributed by atoms with Gasteiger partial charge in [0.25, 0.3) is 0 Å². The number of hydrogen-bond donors (Lipinski definition) is 1. The average molecular weight is 238 g/mol. The van der Waals surface area contributed by atoms with Crippen molar-refractivity contribution in [2.75, 3.05) is 0 Å². The Morgan fingerprint density at radius 3 is 2.12 bits per heavy atom. The molecule has 3 heteroatoms. The molecule has 0 unspecified atom stereocenters. The number of benzene rings is 1. The summed E-state index contributed by atoms with van der Waals surface area (Å²) in [5, 5.41) is 9.51. The van der Waals surface area contributed by atoms with Crippen LogP contribution in [-0.4, -0.2) is 15.8 Å². The van der Waals surface area contributed by atoms with Crippen LogP contribution in [-0.2, 0) is 17.8 Å². The monoisotopic (exact) mass is 238 g/mol. The van der Waals surface area contributed by atoms with Gasteiger partial charge in [-0.15, -0.1) is 0 Å². The molecule has 88 valence electrons. The first-order valence-electron chi connectivity index (χ1n) is 5.31. The first-order valence-corrected chi connectivity index (χ1v) is 5.72. The predicted octanol–water partition coefficient (Wildman–Crippen LogP) is 2.86. The lowest BCUT2D eigenvalue weighted by molar-refractivity contribution is 0.118. The fourth-order valence-corrected chi connectivity index (χ4v) is 1.72. The molecule has 0 fully saturated rings. The molecule has 0 aliphatic carbocycles. The van der Waals surface area contributed by atoms with E-state index in [4.69, 9.17) is 22.1 Å². The Morgan fingerprint density at radius 1 is 1.19 bits per heavy atom. The molecule has 0 atom stereocenters. The normalized spacial score (nSPS) is 11.2. The van der Waals surface area contributed by atoms with E-state index >= 15 is 0 Å². The van der Waals surface area contributed by atoms with Crippen LogP contribution >= 0.6 is 12.2 Å². The van der Waals surface area contributed by atoms with E-state index < -0.39 is 0 Å². The van der Waals surface area contributed by atoms with Crippen molar-refractivity contribution in [1.29, 1.82) is 0 Å². The molecule has 0 spiro atoms. The molecule has 0 saturated carbocycles. The smallest absolute Gasteiger partial charge is 0.164 e. The second-order valence-corrected chi connectivity index (χ2v) is 5.19. The number of rotatable bonds is 3. The Balaban J connectivity index is 2.56. The summed E-state index contributed by atoms with van der Waals surface area (Å²) < 4.78 is 5.58. The molecule has 16 heavy (non-hydrogen) atoms. The first kappa shape index (κ1) is 13.1. The van der Waals surface area contributed by atoms with E-state index in [0.717, 1.165) is 11.1 Å². The minimum atomic E-state index is -0.234. The van der Waals surface area contributed by atoms with Crippen LogP contribution < -0.4 is 0 Å². The average Bonchev–Trinajstić information content (AvgIpc) is 2.16. The van der Waals surface area contributed by atoms with Crippen LogP contribution in [0.2, 0.25) is 0 Å². The van der Waals surface area contributed by atoms with Gasteiger partial charge in [-0.3, -0.25) is 0 Å². The number of ether oxygens (including phenoxy) is 1. The standard InChI is InChI=1S/C13H18O2S/c1-13(2,3)15-12(16)8-10-4-6-11(9-14)7-5-10/h4-7,14H,8-9H2,1-3H3. The Hall–Kier alpha value is -0.930. The second-order valence-electron chi connectivity index (χ2n) is 4.74. The summed E-state index contributed by atoms with van der Waals surface area (Å²) in [6.07, 6.45) is 0.637. The topological polar surface area (TPSA) is 29.5 Å². The third-order valence-corrected chi connectivity index (χ3v) is 2.20. The van der Waals surface area contributed by atoms with Gasteiger partial charge in [-0.2, -0.15) is 0 Å². The Kier molecular flexibility index (Phi) is 4.44. The van der Waals surface area contributed by atoms with E-state index in [9.17, 15) is 0 Å². The molecular formula is C13H18O2S. The van der Waals surface area contributed by atoms with Crippen LogP contribution in [0.25, 0.3) is 0 Å². The van der Waals surface area contributed by atoms with Crippen LogP contribution in [0.3, 0.4) is 0 Å². The van der Waals surface area contributed by atoms with Crippen molar-refractivity contribution in [2.45, 2.75) is 39.4 Å². The van der Waals surface area contributed by atoms with Gasteiger partial charge < -0.3 is 9.84 Å². The molecule has 1 aromatic carbocycles. The van der Waals surface area contributed by atoms with Crippen molar-refractivity contribution in [1.82, 2.24) is 0 Å². The molecule has 0 saturated heterocycles. The molecule has 0 aromatic heterocycles. The van der Waals surface area contributed by atoms with Gasteiger partial charge in [0.15, 0.2) is 5.05 Å². The summed E-state index contributed by atoms with van der Waals surface area (Å²) in [5.41, 5.74) is 1.78. The van der Waals surface area contributed by atoms with Gasteiger partial charge in [0, 0.05) is 6.42 Å². The maximum Gasteiger partial charge on any atom is 0.164 e. The highest BCUT2D eigenvalue weighted by atomic mass is 32.1. The first-order chi connectivity index (χ1) is 7.40. The molecule has 1 N–H and O–H groups in total. The van der Waals surface area contributed by atoms with Crippen LogP contribution in [0.5, 0.6) is 0 Å². The summed E-state index contributed by atoms with van der Waals surface area (Å²) in [7, 11) is 0. The van der Waals surface area contributed by atoms with E-state index in [1.165, 1.54) is 0 Å². The lowest BCUT2D eigenvalue weighted by atomic mass is 10.1. The Labute approximate surface area is 102 Å². The van der Waals surface area contributed by atoms with E-state index in [2.05, 4.69) is 0 Å². The van der Waals surface area contributed by atoms with E-state index in [-0.39, 0.29) is 12.2 Å². The fraction of sp³-hybridized carbons (Fsp3) is 0.462. The van der Waals surface area contributed by atoms with Crippen molar-refractivity contribution in [3.05, 3.63) is 35.4 Å². The highest BCUT2D eigenvalue weighted by molar-refractivity contribution is 7.80. The van der Waals surface area contributed by atoms with Crippen molar-refractivity contribution >= 4 is 17.3 Å². The van der Waals surface area contributed by atoms with E-state index in [1.807, 2.05) is 45.0 Å². The summed E-state index contributed by atoms with van der Waals surface area (Å²) in [5.74, 6) is 0. The van der Waals surface area contributed by atoms with Gasteiger partial charge in [-0.1, -0.05) is 24.3 Å². The molecule has 0 heterocycles. The highest BCUT2D eigenvalue weighted by Gasteiger charge is 2.13. The van der Waals surface area contributed by atoms with Crippen molar-refractivity contribution < 1.29 is 9.84 Å². The largest absolute Gasteiger partial charge is 0.481 e. The minimum absolute atomic E-state index is 0.0726. The maximum absolute atomic E-state index is 8.91. The molecule has 1 rings (SSSR count). The third-order valence-electron chi connectivity index (χ3n) is 1.97. The van der Waals surface area contributed by atoms with Gasteiger partial charge in [-0.25, -0.2) is 0 Å². The molecule has 0 bridgehead atoms. The molecule has 0 radical (unpaired) electrons. The van der Waals surface area contributed by atoms with Crippen LogP contribution in [0.4, 0.5) is 0 Å². The molecular weight excluding hydrogens is 220 g/mol. The molecule has 1 aromatic rings. The SMILES string of the molecule is CC(C)(C)OC(=S)Cc1ccc(CO)cc1. The van der Waals surface area contributed by atoms with Gasteiger partial charge in [0.2, 0.25) is 0 Å². The number of aliphatic hydroxyl groups excluding tert-OH is 1. The predicted molar refractivity (Wildman–Crippen MR) is 69.5 cm³/mol. The van der Waals surface area contributed by atoms with E-state index in [1.54, 1.807) is 0 Å². The second kappa shape index (κ2) is 5.41. The molecule has 0 aliphatic rings. The quantitative estimate of drug-likeness (QED) is 0.821. The van der Waals surface area contributed by atoms with Crippen molar-refractivity contribution in [2.24, 2.45) is 0 Å². The van der Waals surface area contributed by atoms with E-state index in [0.29, 0.717) is 11.5 Å². The minimum Gasteiger partial charge on any atom is -0.481 e. The Morgan fingerprint density at radius 2 is 1.69 bits per heavy atom. The van der Waals surface area contributed by atoms with Gasteiger partial charge >= 0.3 is 0 Å². The van der Waals surface area contributed by atoms with Gasteiger partial charge in [0.05, 0.1) is 6.61 Å². The molecule has 0 amide bonds. The number of thiocarbonyl (C=S) groups is 1. The lowest BCUT2D eigenvalue weighted by Gasteiger charge is -2.21. The van der Waals surface area contributed by atoms with Crippen LogP contribution in [0, 0.1) is 0 Å². The van der Waals surface area contributed by atoms with Crippen LogP contribution in [0.1, 0.15) is 31.9 Å². The van der Waals surface area contributed by atoms with Crippen molar-refractivity contribution in [3.8, 4) is 0 Å². The van der Waals surface area contributed by atoms with Gasteiger partial charge in [-0.05, 0) is 44.1 Å². The number of hydrogen-bond acceptors (Lipinski definition) is 3. The zero-order chi connectivity index (χ0) is 12.2. The highest BCUT2D eigenvalue weighted by Crippen LogP contribution is 2.12. The fourth-order valence-electron chi connectivity index (χ4n) is 1.31. The summed E-state index contributed by atoms with van der Waals surface area (Å²) in [4.78, 5) is 0. The number of aliphatic hydroxyl groups is 1.